The molecule has 0 saturated heterocycles. The molecule has 0 saturated carbocycles. The van der Waals surface area contributed by atoms with Gasteiger partial charge in [-0.05, 0) is 17.3 Å². The van der Waals surface area contributed by atoms with Gasteiger partial charge in [-0.2, -0.15) is 4.57 Å². The first-order valence-electron chi connectivity index (χ1n) is 6.21. The zero-order chi connectivity index (χ0) is 15.1. The molecule has 2 rings (SSSR count). The van der Waals surface area contributed by atoms with E-state index in [0.29, 0.717) is 18.0 Å². The van der Waals surface area contributed by atoms with Gasteiger partial charge in [0.05, 0.1) is 17.5 Å². The SMILES string of the molecule is NC(=O)c1cc[n+](COCN2C=CC=CC2=CN=O)cc1. The van der Waals surface area contributed by atoms with Crippen molar-refractivity contribution in [1.82, 2.24) is 4.90 Å². The van der Waals surface area contributed by atoms with Crippen LogP contribution in [0.3, 0.4) is 0 Å². The second-order valence-electron chi connectivity index (χ2n) is 4.26. The molecule has 7 heteroatoms. The van der Waals surface area contributed by atoms with Crippen LogP contribution in [0.15, 0.2) is 66.0 Å². The van der Waals surface area contributed by atoms with Crippen molar-refractivity contribution in [3.8, 4) is 0 Å². The predicted octanol–water partition coefficient (Wildman–Crippen LogP) is 0.998. The van der Waals surface area contributed by atoms with E-state index in [0.717, 1.165) is 0 Å². The highest BCUT2D eigenvalue weighted by molar-refractivity contribution is 5.92. The number of nitrogens with zero attached hydrogens (tertiary/aromatic N) is 3. The molecule has 1 amide bonds. The molecule has 1 aromatic rings. The Balaban J connectivity index is 1.87. The van der Waals surface area contributed by atoms with Gasteiger partial charge in [0.15, 0.2) is 12.4 Å². The summed E-state index contributed by atoms with van der Waals surface area (Å²) in [6.45, 7) is 0.571. The third kappa shape index (κ3) is 4.08. The van der Waals surface area contributed by atoms with E-state index >= 15 is 0 Å². The van der Waals surface area contributed by atoms with Crippen molar-refractivity contribution < 1.29 is 14.1 Å². The minimum absolute atomic E-state index is 0.271. The standard InChI is InChI=1S/C14H14N4O3/c15-14(19)12-4-7-17(8-5-12)10-21-11-18-6-2-1-3-13(18)9-16-20/h1-9H,10-11H2,(H-,15,19)/p+1. The van der Waals surface area contributed by atoms with Gasteiger partial charge in [0.2, 0.25) is 5.91 Å². The molecule has 1 aromatic heterocycles. The molecule has 0 bridgehead atoms. The van der Waals surface area contributed by atoms with Crippen LogP contribution in [0, 0.1) is 4.91 Å². The number of hydrogen-bond donors (Lipinski definition) is 1. The number of pyridine rings is 1. The van der Waals surface area contributed by atoms with Crippen molar-refractivity contribution in [2.75, 3.05) is 6.73 Å². The lowest BCUT2D eigenvalue weighted by atomic mass is 10.2. The van der Waals surface area contributed by atoms with E-state index in [9.17, 15) is 9.70 Å². The van der Waals surface area contributed by atoms with Crippen LogP contribution in [0.4, 0.5) is 0 Å². The Morgan fingerprint density at radius 2 is 2.14 bits per heavy atom. The summed E-state index contributed by atoms with van der Waals surface area (Å²) < 4.78 is 7.30. The van der Waals surface area contributed by atoms with E-state index in [1.807, 2.05) is 12.2 Å². The fourth-order valence-corrected chi connectivity index (χ4v) is 1.73. The van der Waals surface area contributed by atoms with Gasteiger partial charge < -0.3 is 15.4 Å². The molecule has 0 aliphatic carbocycles. The van der Waals surface area contributed by atoms with E-state index in [2.05, 4.69) is 5.18 Å². The maximum absolute atomic E-state index is 11.0. The lowest BCUT2D eigenvalue weighted by molar-refractivity contribution is -0.733. The minimum Gasteiger partial charge on any atom is -0.366 e. The first-order valence-corrected chi connectivity index (χ1v) is 6.21. The van der Waals surface area contributed by atoms with Crippen molar-refractivity contribution in [1.29, 1.82) is 0 Å². The Hall–Kier alpha value is -2.80. The van der Waals surface area contributed by atoms with Crippen LogP contribution in [0.5, 0.6) is 0 Å². The minimum atomic E-state index is -0.468. The Bertz CT molecular complexity index is 605. The molecule has 108 valence electrons. The molecule has 0 fully saturated rings. The summed E-state index contributed by atoms with van der Waals surface area (Å²) in [6.07, 6.45) is 11.8. The van der Waals surface area contributed by atoms with Gasteiger partial charge in [0.1, 0.15) is 6.73 Å². The molecule has 1 aliphatic rings. The number of amides is 1. The number of carbonyl (C=O) groups is 1. The fraction of sp³-hybridized carbons (Fsp3) is 0.143. The number of aromatic nitrogens is 1. The van der Waals surface area contributed by atoms with Crippen LogP contribution in [0.1, 0.15) is 10.4 Å². The highest BCUT2D eigenvalue weighted by Gasteiger charge is 2.09. The second kappa shape index (κ2) is 7.11. The molecule has 21 heavy (non-hydrogen) atoms. The van der Waals surface area contributed by atoms with Gasteiger partial charge in [0.25, 0.3) is 6.73 Å². The van der Waals surface area contributed by atoms with Gasteiger partial charge >= 0.3 is 0 Å². The van der Waals surface area contributed by atoms with Crippen molar-refractivity contribution in [2.24, 2.45) is 10.9 Å². The maximum Gasteiger partial charge on any atom is 0.254 e. The van der Waals surface area contributed by atoms with Crippen LogP contribution in [0.2, 0.25) is 0 Å². The number of allylic oxidation sites excluding steroid dienone is 3. The second-order valence-corrected chi connectivity index (χ2v) is 4.26. The Morgan fingerprint density at radius 1 is 1.38 bits per heavy atom. The van der Waals surface area contributed by atoms with Crippen LogP contribution >= 0.6 is 0 Å². The molecule has 0 unspecified atom stereocenters. The van der Waals surface area contributed by atoms with Crippen molar-refractivity contribution in [2.45, 2.75) is 6.73 Å². The molecular weight excluding hydrogens is 272 g/mol. The van der Waals surface area contributed by atoms with Gasteiger partial charge in [-0.15, -0.1) is 4.91 Å². The molecule has 0 spiro atoms. The van der Waals surface area contributed by atoms with Crippen molar-refractivity contribution in [3.63, 3.8) is 0 Å². The lowest BCUT2D eigenvalue weighted by Crippen LogP contribution is -2.36. The van der Waals surface area contributed by atoms with Gasteiger partial charge in [0, 0.05) is 18.3 Å². The molecule has 0 aromatic carbocycles. The Labute approximate surface area is 121 Å². The summed E-state index contributed by atoms with van der Waals surface area (Å²) >= 11 is 0. The van der Waals surface area contributed by atoms with E-state index in [-0.39, 0.29) is 6.73 Å². The lowest BCUT2D eigenvalue weighted by Gasteiger charge is -2.21. The van der Waals surface area contributed by atoms with Crippen LogP contribution in [-0.4, -0.2) is 17.5 Å². The van der Waals surface area contributed by atoms with Gasteiger partial charge in [-0.1, -0.05) is 6.08 Å². The number of hydrogen-bond acceptors (Lipinski definition) is 5. The number of rotatable bonds is 6. The van der Waals surface area contributed by atoms with Crippen LogP contribution in [-0.2, 0) is 11.5 Å². The summed E-state index contributed by atoms with van der Waals surface area (Å²) in [4.78, 5) is 23.0. The maximum atomic E-state index is 11.0. The molecule has 0 radical (unpaired) electrons. The Kier molecular flexibility index (Phi) is 4.94. The molecule has 2 N–H and O–H groups in total. The van der Waals surface area contributed by atoms with E-state index in [1.54, 1.807) is 46.3 Å². The highest BCUT2D eigenvalue weighted by atomic mass is 16.5. The number of carbonyl (C=O) groups excluding carboxylic acids is 1. The van der Waals surface area contributed by atoms with Gasteiger partial charge in [-0.25, -0.2) is 0 Å². The van der Waals surface area contributed by atoms with Crippen LogP contribution < -0.4 is 10.3 Å². The number of ether oxygens (including phenoxy) is 1. The molecule has 2 heterocycles. The average Bonchev–Trinajstić information content (AvgIpc) is 2.50. The Morgan fingerprint density at radius 3 is 2.81 bits per heavy atom. The number of nitrogens with two attached hydrogens (primary N) is 1. The fourth-order valence-electron chi connectivity index (χ4n) is 1.73. The molecule has 0 atom stereocenters. The first kappa shape index (κ1) is 14.6. The smallest absolute Gasteiger partial charge is 0.254 e. The molecule has 1 aliphatic heterocycles. The quantitative estimate of drug-likeness (QED) is 0.624. The van der Waals surface area contributed by atoms with Crippen molar-refractivity contribution >= 4 is 5.91 Å². The summed E-state index contributed by atoms with van der Waals surface area (Å²) in [7, 11) is 0. The zero-order valence-electron chi connectivity index (χ0n) is 11.3. The zero-order valence-corrected chi connectivity index (χ0v) is 11.3. The predicted molar refractivity (Wildman–Crippen MR) is 75.1 cm³/mol. The number of nitroso groups, excluding NO2 is 1. The van der Waals surface area contributed by atoms with Gasteiger partial charge in [-0.3, -0.25) is 4.79 Å². The van der Waals surface area contributed by atoms with E-state index in [4.69, 9.17) is 10.5 Å². The average molecular weight is 287 g/mol. The molecular formula is C14H15N4O3+. The molecule has 7 nitrogen and oxygen atoms in total. The third-order valence-corrected chi connectivity index (χ3v) is 2.81. The number of primary amides is 1. The van der Waals surface area contributed by atoms with Crippen molar-refractivity contribution in [3.05, 3.63) is 71.3 Å². The highest BCUT2D eigenvalue weighted by Crippen LogP contribution is 2.12. The first-order chi connectivity index (χ1) is 10.2. The monoisotopic (exact) mass is 287 g/mol. The summed E-state index contributed by atoms with van der Waals surface area (Å²) in [6, 6.07) is 3.24. The normalized spacial score (nSPS) is 15.4. The third-order valence-electron chi connectivity index (χ3n) is 2.81. The largest absolute Gasteiger partial charge is 0.366 e. The van der Waals surface area contributed by atoms with E-state index in [1.165, 1.54) is 6.20 Å². The van der Waals surface area contributed by atoms with Crippen LogP contribution in [0.25, 0.3) is 0 Å². The summed E-state index contributed by atoms with van der Waals surface area (Å²) in [5.74, 6) is -0.468. The topological polar surface area (TPSA) is 88.9 Å². The summed E-state index contributed by atoms with van der Waals surface area (Å²) in [5.41, 5.74) is 6.26. The van der Waals surface area contributed by atoms with E-state index < -0.39 is 5.91 Å². The summed E-state index contributed by atoms with van der Waals surface area (Å²) in [5, 5.41) is 2.76.